The Kier molecular flexibility index (Phi) is 7.32. The number of rotatable bonds is 6. The SMILES string of the molecule is CCCCC(CC)C(=O)N1CCC2(CC1)SCCN2C(=O)c1cccc(Cl)c1. The molecule has 2 aliphatic heterocycles. The molecular weight excluding hydrogens is 392 g/mol. The molecule has 2 saturated heterocycles. The second-order valence-corrected chi connectivity index (χ2v) is 9.73. The van der Waals surface area contributed by atoms with Crippen LogP contribution in [0.5, 0.6) is 0 Å². The third kappa shape index (κ3) is 4.51. The fraction of sp³-hybridized carbons (Fsp3) is 0.636. The van der Waals surface area contributed by atoms with Gasteiger partial charge in [-0.05, 0) is 43.9 Å². The number of likely N-dealkylation sites (tertiary alicyclic amines) is 1. The quantitative estimate of drug-likeness (QED) is 0.642. The molecule has 0 bridgehead atoms. The summed E-state index contributed by atoms with van der Waals surface area (Å²) in [7, 11) is 0. The van der Waals surface area contributed by atoms with Crippen LogP contribution in [0.3, 0.4) is 0 Å². The summed E-state index contributed by atoms with van der Waals surface area (Å²) in [6.45, 7) is 6.53. The molecule has 0 saturated carbocycles. The van der Waals surface area contributed by atoms with Gasteiger partial charge in [0.25, 0.3) is 5.91 Å². The van der Waals surface area contributed by atoms with Crippen LogP contribution in [0.1, 0.15) is 62.7 Å². The molecule has 154 valence electrons. The summed E-state index contributed by atoms with van der Waals surface area (Å²) >= 11 is 7.96. The molecule has 2 fully saturated rings. The van der Waals surface area contributed by atoms with Gasteiger partial charge in [-0.25, -0.2) is 0 Å². The number of unbranched alkanes of at least 4 members (excludes halogenated alkanes) is 1. The first-order chi connectivity index (χ1) is 13.5. The molecule has 0 aliphatic carbocycles. The van der Waals surface area contributed by atoms with Gasteiger partial charge in [0.05, 0.1) is 4.87 Å². The van der Waals surface area contributed by atoms with Crippen molar-refractivity contribution in [3.8, 4) is 0 Å². The molecule has 1 unspecified atom stereocenters. The maximum Gasteiger partial charge on any atom is 0.255 e. The lowest BCUT2D eigenvalue weighted by atomic mass is 9.95. The van der Waals surface area contributed by atoms with Crippen LogP contribution >= 0.6 is 23.4 Å². The van der Waals surface area contributed by atoms with Crippen LogP contribution in [0.2, 0.25) is 5.02 Å². The molecule has 1 aromatic rings. The van der Waals surface area contributed by atoms with E-state index in [0.717, 1.165) is 63.9 Å². The average molecular weight is 423 g/mol. The molecule has 2 heterocycles. The molecule has 1 spiro atoms. The zero-order chi connectivity index (χ0) is 20.1. The summed E-state index contributed by atoms with van der Waals surface area (Å²) < 4.78 is 0. The van der Waals surface area contributed by atoms with Crippen LogP contribution in [-0.4, -0.2) is 51.9 Å². The van der Waals surface area contributed by atoms with Crippen LogP contribution < -0.4 is 0 Å². The fourth-order valence-corrected chi connectivity index (χ4v) is 6.02. The van der Waals surface area contributed by atoms with E-state index in [1.54, 1.807) is 12.1 Å². The van der Waals surface area contributed by atoms with Crippen LogP contribution in [0.25, 0.3) is 0 Å². The van der Waals surface area contributed by atoms with Crippen molar-refractivity contribution in [3.63, 3.8) is 0 Å². The summed E-state index contributed by atoms with van der Waals surface area (Å²) in [5.41, 5.74) is 0.651. The molecule has 1 aromatic carbocycles. The van der Waals surface area contributed by atoms with Crippen LogP contribution in [0, 0.1) is 5.92 Å². The van der Waals surface area contributed by atoms with Crippen LogP contribution in [0.4, 0.5) is 0 Å². The number of carbonyl (C=O) groups is 2. The van der Waals surface area contributed by atoms with E-state index in [9.17, 15) is 9.59 Å². The largest absolute Gasteiger partial charge is 0.342 e. The van der Waals surface area contributed by atoms with E-state index >= 15 is 0 Å². The zero-order valence-corrected chi connectivity index (χ0v) is 18.5. The summed E-state index contributed by atoms with van der Waals surface area (Å²) in [5.74, 6) is 1.46. The number of carbonyl (C=O) groups excluding carboxylic acids is 2. The molecule has 4 nitrogen and oxygen atoms in total. The molecule has 3 rings (SSSR count). The third-order valence-electron chi connectivity index (χ3n) is 6.10. The number of piperidine rings is 1. The third-order valence-corrected chi connectivity index (χ3v) is 7.89. The Bertz CT molecular complexity index is 704. The predicted octanol–water partition coefficient (Wildman–Crippen LogP) is 5.06. The van der Waals surface area contributed by atoms with Gasteiger partial charge in [-0.2, -0.15) is 0 Å². The Balaban J connectivity index is 1.66. The summed E-state index contributed by atoms with van der Waals surface area (Å²) in [4.78, 5) is 30.0. The van der Waals surface area contributed by atoms with Crippen LogP contribution in [0.15, 0.2) is 24.3 Å². The Morgan fingerprint density at radius 3 is 2.61 bits per heavy atom. The second kappa shape index (κ2) is 9.53. The molecule has 0 aromatic heterocycles. The lowest BCUT2D eigenvalue weighted by Gasteiger charge is -2.44. The highest BCUT2D eigenvalue weighted by Gasteiger charge is 2.47. The highest BCUT2D eigenvalue weighted by atomic mass is 35.5. The lowest BCUT2D eigenvalue weighted by molar-refractivity contribution is -0.137. The minimum Gasteiger partial charge on any atom is -0.342 e. The van der Waals surface area contributed by atoms with Crippen molar-refractivity contribution in [2.45, 2.75) is 57.2 Å². The Morgan fingerprint density at radius 2 is 1.96 bits per heavy atom. The van der Waals surface area contributed by atoms with Gasteiger partial charge in [0.15, 0.2) is 0 Å². The van der Waals surface area contributed by atoms with Gasteiger partial charge in [-0.3, -0.25) is 9.59 Å². The Labute approximate surface area is 178 Å². The van der Waals surface area contributed by atoms with Gasteiger partial charge in [-0.15, -0.1) is 11.8 Å². The molecule has 2 amide bonds. The number of thioether (sulfide) groups is 1. The molecule has 6 heteroatoms. The van der Waals surface area contributed by atoms with E-state index < -0.39 is 0 Å². The van der Waals surface area contributed by atoms with Crippen molar-refractivity contribution >= 4 is 35.2 Å². The maximum atomic E-state index is 13.1. The summed E-state index contributed by atoms with van der Waals surface area (Å²) in [5, 5.41) is 0.588. The highest BCUT2D eigenvalue weighted by Crippen LogP contribution is 2.44. The van der Waals surface area contributed by atoms with Crippen molar-refractivity contribution < 1.29 is 9.59 Å². The number of hydrogen-bond acceptors (Lipinski definition) is 3. The van der Waals surface area contributed by atoms with Crippen molar-refractivity contribution in [2.75, 3.05) is 25.4 Å². The van der Waals surface area contributed by atoms with Crippen molar-refractivity contribution in [3.05, 3.63) is 34.9 Å². The smallest absolute Gasteiger partial charge is 0.255 e. The zero-order valence-electron chi connectivity index (χ0n) is 17.0. The van der Waals surface area contributed by atoms with Gasteiger partial charge in [-0.1, -0.05) is 44.4 Å². The van der Waals surface area contributed by atoms with E-state index in [1.165, 1.54) is 0 Å². The summed E-state index contributed by atoms with van der Waals surface area (Å²) in [6.07, 6.45) is 5.83. The number of nitrogens with zero attached hydrogens (tertiary/aromatic N) is 2. The number of halogens is 1. The van der Waals surface area contributed by atoms with Gasteiger partial charge in [0, 0.05) is 41.9 Å². The Morgan fingerprint density at radius 1 is 1.21 bits per heavy atom. The standard InChI is InChI=1S/C22H31ClN2O2S/c1-3-5-7-17(4-2)20(26)24-12-10-22(11-13-24)25(14-15-28-22)21(27)18-8-6-9-19(23)16-18/h6,8-9,16-17H,3-5,7,10-15H2,1-2H3. The minimum atomic E-state index is -0.179. The van der Waals surface area contributed by atoms with Gasteiger partial charge in [0.2, 0.25) is 5.91 Å². The maximum absolute atomic E-state index is 13.1. The predicted molar refractivity (Wildman–Crippen MR) is 117 cm³/mol. The first kappa shape index (κ1) is 21.5. The first-order valence-corrected chi connectivity index (χ1v) is 11.9. The Hall–Kier alpha value is -1.20. The topological polar surface area (TPSA) is 40.6 Å². The molecule has 28 heavy (non-hydrogen) atoms. The number of hydrogen-bond donors (Lipinski definition) is 0. The van der Waals surface area contributed by atoms with Gasteiger partial charge in [0.1, 0.15) is 0 Å². The van der Waals surface area contributed by atoms with Gasteiger partial charge < -0.3 is 9.80 Å². The van der Waals surface area contributed by atoms with E-state index in [4.69, 9.17) is 11.6 Å². The molecule has 1 atom stereocenters. The summed E-state index contributed by atoms with van der Waals surface area (Å²) in [6, 6.07) is 7.20. The van der Waals surface area contributed by atoms with Crippen molar-refractivity contribution in [1.82, 2.24) is 9.80 Å². The molecular formula is C22H31ClN2O2S. The van der Waals surface area contributed by atoms with E-state index in [2.05, 4.69) is 13.8 Å². The second-order valence-electron chi connectivity index (χ2n) is 7.83. The molecule has 2 aliphatic rings. The molecule has 0 N–H and O–H groups in total. The monoisotopic (exact) mass is 422 g/mol. The van der Waals surface area contributed by atoms with Crippen molar-refractivity contribution in [2.24, 2.45) is 5.92 Å². The van der Waals surface area contributed by atoms with Gasteiger partial charge >= 0.3 is 0 Å². The fourth-order valence-electron chi connectivity index (χ4n) is 4.37. The van der Waals surface area contributed by atoms with E-state index in [0.29, 0.717) is 16.5 Å². The van der Waals surface area contributed by atoms with E-state index in [-0.39, 0.29) is 16.7 Å². The normalized spacial score (nSPS) is 19.8. The number of benzene rings is 1. The number of amides is 2. The lowest BCUT2D eigenvalue weighted by Crippen LogP contribution is -2.54. The van der Waals surface area contributed by atoms with E-state index in [1.807, 2.05) is 33.7 Å². The molecule has 0 radical (unpaired) electrons. The van der Waals surface area contributed by atoms with Crippen LogP contribution in [-0.2, 0) is 4.79 Å². The highest BCUT2D eigenvalue weighted by molar-refractivity contribution is 8.00. The average Bonchev–Trinajstić information content (AvgIpc) is 3.11. The first-order valence-electron chi connectivity index (χ1n) is 10.5. The minimum absolute atomic E-state index is 0.0571. The van der Waals surface area contributed by atoms with Crippen molar-refractivity contribution in [1.29, 1.82) is 0 Å².